The molecule has 9 heteroatoms. The van der Waals surface area contributed by atoms with Crippen LogP contribution in [0.25, 0.3) is 96.4 Å². The van der Waals surface area contributed by atoms with Crippen molar-refractivity contribution in [2.75, 3.05) is 0 Å². The standard InChI is InChI=1S/C49H31FN8/c50-39-27-25-36(26-28-39)49-51-41-23-13-14-24-42(41)58(49)40-30-37(47-54-43(32-15-5-1-6-16-32)52-44(55-47)33-17-7-2-8-18-33)29-38(31-40)48-56-45(34-19-9-3-10-20-34)53-46(57-48)35-21-11-4-12-22-35/h1-31H. The minimum absolute atomic E-state index is 0.327. The van der Waals surface area contributed by atoms with Gasteiger partial charge in [-0.15, -0.1) is 0 Å². The molecule has 0 aliphatic rings. The lowest BCUT2D eigenvalue weighted by molar-refractivity contribution is 0.628. The number of hydrogen-bond acceptors (Lipinski definition) is 7. The molecule has 3 aromatic heterocycles. The van der Waals surface area contributed by atoms with Crippen LogP contribution in [0.5, 0.6) is 0 Å². The first-order valence-corrected chi connectivity index (χ1v) is 18.8. The van der Waals surface area contributed by atoms with E-state index in [4.69, 9.17) is 34.9 Å². The van der Waals surface area contributed by atoms with Crippen LogP contribution in [0, 0.1) is 5.82 Å². The van der Waals surface area contributed by atoms with E-state index in [1.54, 1.807) is 12.1 Å². The molecule has 0 aliphatic carbocycles. The van der Waals surface area contributed by atoms with Crippen LogP contribution in [0.3, 0.4) is 0 Å². The van der Waals surface area contributed by atoms with Gasteiger partial charge in [0.2, 0.25) is 0 Å². The monoisotopic (exact) mass is 750 g/mol. The average Bonchev–Trinajstić information content (AvgIpc) is 3.70. The number of para-hydroxylation sites is 2. The normalized spacial score (nSPS) is 11.2. The van der Waals surface area contributed by atoms with Crippen molar-refractivity contribution in [1.82, 2.24) is 39.5 Å². The molecule has 0 atom stereocenters. The van der Waals surface area contributed by atoms with E-state index in [9.17, 15) is 4.39 Å². The van der Waals surface area contributed by atoms with Crippen molar-refractivity contribution >= 4 is 11.0 Å². The molecule has 0 aliphatic heterocycles. The molecular weight excluding hydrogens is 720 g/mol. The lowest BCUT2D eigenvalue weighted by Gasteiger charge is -2.15. The molecule has 8 nitrogen and oxygen atoms in total. The van der Waals surface area contributed by atoms with Crippen LogP contribution in [0.4, 0.5) is 4.39 Å². The summed E-state index contributed by atoms with van der Waals surface area (Å²) in [6, 6.07) is 59.9. The highest BCUT2D eigenvalue weighted by molar-refractivity contribution is 5.85. The average molecular weight is 751 g/mol. The largest absolute Gasteiger partial charge is 0.292 e. The van der Waals surface area contributed by atoms with Crippen LogP contribution >= 0.6 is 0 Å². The van der Waals surface area contributed by atoms with Gasteiger partial charge in [-0.3, -0.25) is 4.57 Å². The summed E-state index contributed by atoms with van der Waals surface area (Å²) in [4.78, 5) is 35.3. The topological polar surface area (TPSA) is 95.2 Å². The second kappa shape index (κ2) is 14.9. The van der Waals surface area contributed by atoms with Crippen molar-refractivity contribution in [2.24, 2.45) is 0 Å². The number of hydrogen-bond donors (Lipinski definition) is 0. The predicted molar refractivity (Wildman–Crippen MR) is 226 cm³/mol. The van der Waals surface area contributed by atoms with E-state index < -0.39 is 0 Å². The van der Waals surface area contributed by atoms with Gasteiger partial charge >= 0.3 is 0 Å². The van der Waals surface area contributed by atoms with Crippen LogP contribution in [0.1, 0.15) is 0 Å². The van der Waals surface area contributed by atoms with Crippen molar-refractivity contribution in [2.45, 2.75) is 0 Å². The van der Waals surface area contributed by atoms with Gasteiger partial charge in [-0.25, -0.2) is 39.3 Å². The Morgan fingerprint density at radius 1 is 0.310 bits per heavy atom. The van der Waals surface area contributed by atoms with Crippen LogP contribution < -0.4 is 0 Å². The third-order valence-corrected chi connectivity index (χ3v) is 9.75. The Hall–Kier alpha value is -8.04. The third-order valence-electron chi connectivity index (χ3n) is 9.75. The summed E-state index contributed by atoms with van der Waals surface area (Å²) in [6.45, 7) is 0. The van der Waals surface area contributed by atoms with Gasteiger partial charge in [0.05, 0.1) is 11.0 Å². The summed E-state index contributed by atoms with van der Waals surface area (Å²) >= 11 is 0. The van der Waals surface area contributed by atoms with Gasteiger partial charge in [0.15, 0.2) is 34.9 Å². The molecule has 0 radical (unpaired) electrons. The molecule has 10 rings (SSSR count). The van der Waals surface area contributed by atoms with E-state index in [0.29, 0.717) is 51.9 Å². The first-order valence-electron chi connectivity index (χ1n) is 18.8. The molecular formula is C49H31FN8. The van der Waals surface area contributed by atoms with Gasteiger partial charge in [0.1, 0.15) is 11.6 Å². The smallest absolute Gasteiger partial charge is 0.164 e. The number of rotatable bonds is 8. The van der Waals surface area contributed by atoms with Crippen molar-refractivity contribution in [3.63, 3.8) is 0 Å². The van der Waals surface area contributed by atoms with Crippen LogP contribution in [-0.4, -0.2) is 39.5 Å². The molecule has 0 saturated heterocycles. The summed E-state index contributed by atoms with van der Waals surface area (Å²) < 4.78 is 16.3. The summed E-state index contributed by atoms with van der Waals surface area (Å²) in [5.41, 5.74) is 7.99. The maximum Gasteiger partial charge on any atom is 0.164 e. The Kier molecular flexibility index (Phi) is 8.85. The van der Waals surface area contributed by atoms with E-state index in [1.807, 2.05) is 164 Å². The molecule has 274 valence electrons. The second-order valence-electron chi connectivity index (χ2n) is 13.6. The lowest BCUT2D eigenvalue weighted by atomic mass is 10.1. The molecule has 7 aromatic carbocycles. The SMILES string of the molecule is Fc1ccc(-c2nc3ccccc3n2-c2cc(-c3nc(-c4ccccc4)nc(-c4ccccc4)n3)cc(-c3nc(-c4ccccc4)nc(-c4ccccc4)n3)c2)cc1. The summed E-state index contributed by atoms with van der Waals surface area (Å²) in [7, 11) is 0. The van der Waals surface area contributed by atoms with E-state index in [2.05, 4.69) is 4.57 Å². The Labute approximate surface area is 333 Å². The molecule has 0 spiro atoms. The van der Waals surface area contributed by atoms with Gasteiger partial charge in [-0.1, -0.05) is 133 Å². The number of benzene rings is 7. The molecule has 0 bridgehead atoms. The van der Waals surface area contributed by atoms with E-state index >= 15 is 0 Å². The Morgan fingerprint density at radius 2 is 0.672 bits per heavy atom. The number of halogens is 1. The van der Waals surface area contributed by atoms with Gasteiger partial charge in [0.25, 0.3) is 0 Å². The summed E-state index contributed by atoms with van der Waals surface area (Å²) in [5, 5.41) is 0. The van der Waals surface area contributed by atoms with Gasteiger partial charge in [-0.2, -0.15) is 0 Å². The van der Waals surface area contributed by atoms with Gasteiger partial charge in [0, 0.05) is 44.6 Å². The van der Waals surface area contributed by atoms with Crippen LogP contribution in [0.15, 0.2) is 188 Å². The van der Waals surface area contributed by atoms with Crippen molar-refractivity contribution in [3.05, 3.63) is 194 Å². The molecule has 0 fully saturated rings. The zero-order chi connectivity index (χ0) is 38.8. The fourth-order valence-corrected chi connectivity index (χ4v) is 6.95. The van der Waals surface area contributed by atoms with Crippen LogP contribution in [0.2, 0.25) is 0 Å². The predicted octanol–water partition coefficient (Wildman–Crippen LogP) is 11.2. The third kappa shape index (κ3) is 6.77. The molecule has 58 heavy (non-hydrogen) atoms. The van der Waals surface area contributed by atoms with Crippen molar-refractivity contribution in [1.29, 1.82) is 0 Å². The highest BCUT2D eigenvalue weighted by atomic mass is 19.1. The second-order valence-corrected chi connectivity index (χ2v) is 13.6. The summed E-state index contributed by atoms with van der Waals surface area (Å²) in [6.07, 6.45) is 0. The molecule has 0 N–H and O–H groups in total. The molecule has 0 amide bonds. The Balaban J connectivity index is 1.27. The van der Waals surface area contributed by atoms with Gasteiger partial charge in [-0.05, 0) is 54.6 Å². The maximum atomic E-state index is 14.3. The first-order chi connectivity index (χ1) is 28.6. The minimum Gasteiger partial charge on any atom is -0.292 e. The van der Waals surface area contributed by atoms with Crippen LogP contribution in [-0.2, 0) is 0 Å². The number of aromatic nitrogens is 8. The van der Waals surface area contributed by atoms with E-state index in [0.717, 1.165) is 44.5 Å². The van der Waals surface area contributed by atoms with Crippen molar-refractivity contribution in [3.8, 4) is 85.4 Å². The zero-order valence-corrected chi connectivity index (χ0v) is 30.9. The quantitative estimate of drug-likeness (QED) is 0.153. The zero-order valence-electron chi connectivity index (χ0n) is 30.9. The summed E-state index contributed by atoms with van der Waals surface area (Å²) in [5.74, 6) is 3.38. The minimum atomic E-state index is -0.327. The highest BCUT2D eigenvalue weighted by Crippen LogP contribution is 2.35. The van der Waals surface area contributed by atoms with E-state index in [1.165, 1.54) is 12.1 Å². The highest BCUT2D eigenvalue weighted by Gasteiger charge is 2.21. The molecule has 10 aromatic rings. The lowest BCUT2D eigenvalue weighted by Crippen LogP contribution is -2.04. The Morgan fingerprint density at radius 3 is 1.09 bits per heavy atom. The molecule has 3 heterocycles. The number of imidazole rings is 1. The first kappa shape index (κ1) is 34.5. The maximum absolute atomic E-state index is 14.3. The van der Waals surface area contributed by atoms with Gasteiger partial charge < -0.3 is 0 Å². The fraction of sp³-hybridized carbons (Fsp3) is 0. The number of nitrogens with zero attached hydrogens (tertiary/aromatic N) is 8. The molecule has 0 saturated carbocycles. The Bertz CT molecular complexity index is 2790. The molecule has 0 unspecified atom stereocenters. The number of fused-ring (bicyclic) bond motifs is 1. The van der Waals surface area contributed by atoms with Crippen molar-refractivity contribution < 1.29 is 4.39 Å². The fourth-order valence-electron chi connectivity index (χ4n) is 6.95. The van der Waals surface area contributed by atoms with E-state index in [-0.39, 0.29) is 5.82 Å².